The highest BCUT2D eigenvalue weighted by Crippen LogP contribution is 2.70. The van der Waals surface area contributed by atoms with Gasteiger partial charge in [-0.1, -0.05) is 115 Å². The molecule has 0 spiro atoms. The van der Waals surface area contributed by atoms with Crippen molar-refractivity contribution in [3.8, 4) is 11.5 Å². The predicted octanol–water partition coefficient (Wildman–Crippen LogP) is 8.31. The lowest BCUT2D eigenvalue weighted by atomic mass is 10.2. The molecule has 0 bridgehead atoms. The average molecular weight is 589 g/mol. The maximum atomic E-state index is 6.21. The zero-order valence-electron chi connectivity index (χ0n) is 25.6. The van der Waals surface area contributed by atoms with Crippen molar-refractivity contribution in [1.82, 2.24) is 0 Å². The summed E-state index contributed by atoms with van der Waals surface area (Å²) in [5.74, 6) is 2.31. The molecule has 0 saturated carbocycles. The maximum absolute atomic E-state index is 6.21. The van der Waals surface area contributed by atoms with E-state index in [-0.39, 0.29) is 0 Å². The molecular formula is C28H52O2Si6. The monoisotopic (exact) mass is 588 g/mol. The number of rotatable bonds is 8. The Bertz CT molecular complexity index is 961. The van der Waals surface area contributed by atoms with Crippen LogP contribution in [0.25, 0.3) is 0 Å². The number of benzene rings is 2. The fourth-order valence-electron chi connectivity index (χ4n) is 9.46. The van der Waals surface area contributed by atoms with E-state index in [0.29, 0.717) is 0 Å². The Morgan fingerprint density at radius 1 is 0.472 bits per heavy atom. The molecule has 0 radical (unpaired) electrons. The van der Waals surface area contributed by atoms with Gasteiger partial charge in [-0.2, -0.15) is 0 Å². The lowest BCUT2D eigenvalue weighted by Gasteiger charge is -2.81. The summed E-state index contributed by atoms with van der Waals surface area (Å²) in [5, 5.41) is 1.57. The van der Waals surface area contributed by atoms with Gasteiger partial charge in [0.05, 0.1) is 28.4 Å². The molecule has 200 valence electrons. The van der Waals surface area contributed by atoms with Crippen LogP contribution < -0.4 is 9.47 Å². The molecule has 0 amide bonds. The number of hydrogen-bond acceptors (Lipinski definition) is 2. The van der Waals surface area contributed by atoms with Crippen LogP contribution in [0.2, 0.25) is 78.6 Å². The topological polar surface area (TPSA) is 18.5 Å². The summed E-state index contributed by atoms with van der Waals surface area (Å²) in [6.45, 7) is 32.9. The van der Waals surface area contributed by atoms with E-state index in [1.807, 2.05) is 14.2 Å². The largest absolute Gasteiger partial charge is 0.496 e. The summed E-state index contributed by atoms with van der Waals surface area (Å²) in [4.78, 5) is 0. The van der Waals surface area contributed by atoms with E-state index >= 15 is 0 Å². The summed E-state index contributed by atoms with van der Waals surface area (Å²) >= 11 is 0. The van der Waals surface area contributed by atoms with Gasteiger partial charge in [0.2, 0.25) is 0 Å². The van der Waals surface area contributed by atoms with Crippen LogP contribution in [0.15, 0.2) is 48.5 Å². The summed E-state index contributed by atoms with van der Waals surface area (Å²) in [6.07, 6.45) is 0. The van der Waals surface area contributed by atoms with Crippen molar-refractivity contribution in [2.75, 3.05) is 14.2 Å². The Hall–Kier alpha value is -0.659. The van der Waals surface area contributed by atoms with Crippen molar-refractivity contribution in [3.05, 3.63) is 59.7 Å². The second-order valence-corrected chi connectivity index (χ2v) is 71.0. The van der Waals surface area contributed by atoms with E-state index in [4.69, 9.17) is 9.47 Å². The number of ether oxygens (including phenoxy) is 2. The minimum atomic E-state index is -1.89. The summed E-state index contributed by atoms with van der Waals surface area (Å²) in [7, 11) is -6.38. The average Bonchev–Trinajstić information content (AvgIpc) is 2.70. The van der Waals surface area contributed by atoms with E-state index in [2.05, 4.69) is 127 Å². The second-order valence-electron chi connectivity index (χ2n) is 15.1. The second kappa shape index (κ2) is 9.51. The van der Waals surface area contributed by atoms with Crippen molar-refractivity contribution in [2.45, 2.75) is 88.9 Å². The quantitative estimate of drug-likeness (QED) is 0.289. The van der Waals surface area contributed by atoms with Crippen LogP contribution in [0, 0.1) is 0 Å². The van der Waals surface area contributed by atoms with Gasteiger partial charge in [-0.3, -0.25) is 0 Å². The zero-order chi connectivity index (χ0) is 27.5. The fraction of sp³-hybridized carbons (Fsp3) is 0.571. The molecule has 0 unspecified atom stereocenters. The third-order valence-electron chi connectivity index (χ3n) is 9.69. The van der Waals surface area contributed by atoms with Crippen LogP contribution in [0.4, 0.5) is 0 Å². The summed E-state index contributed by atoms with van der Waals surface area (Å²) in [5.41, 5.74) is 3.19. The molecule has 36 heavy (non-hydrogen) atoms. The molecule has 0 atom stereocenters. The standard InChI is InChI=1S/C28H52O2Si6/c1-29-25-21-17-15-19-23(25)27-35(31(3,4)5,32(6,7)8)28(24-20-16-18-22-26(24)30-2)36(27,33(9,10)11)34(12,13)14/h15-22,27-28H,1-14H3. The Morgan fingerprint density at radius 3 is 0.944 bits per heavy atom. The molecule has 2 aromatic rings. The molecular weight excluding hydrogens is 537 g/mol. The fourth-order valence-corrected chi connectivity index (χ4v) is 167. The third-order valence-corrected chi connectivity index (χ3v) is 101. The Labute approximate surface area is 227 Å². The van der Waals surface area contributed by atoms with Crippen molar-refractivity contribution in [3.63, 3.8) is 0 Å². The molecule has 1 heterocycles. The molecule has 1 aliphatic rings. The number of methoxy groups -OCH3 is 2. The molecule has 0 aliphatic carbocycles. The van der Waals surface area contributed by atoms with Gasteiger partial charge in [0, 0.05) is 30.4 Å². The summed E-state index contributed by atoms with van der Waals surface area (Å²) < 4.78 is 12.4. The van der Waals surface area contributed by atoms with Crippen LogP contribution >= 0.6 is 0 Å². The normalized spacial score (nSPS) is 22.1. The maximum Gasteiger partial charge on any atom is 0.121 e. The van der Waals surface area contributed by atoms with Crippen LogP contribution in [-0.2, 0) is 0 Å². The molecule has 1 saturated heterocycles. The van der Waals surface area contributed by atoms with E-state index in [1.54, 1.807) is 11.1 Å². The molecule has 3 rings (SSSR count). The van der Waals surface area contributed by atoms with Crippen molar-refractivity contribution < 1.29 is 9.47 Å². The Balaban J connectivity index is 2.67. The molecule has 8 heteroatoms. The van der Waals surface area contributed by atoms with Crippen molar-refractivity contribution in [2.24, 2.45) is 0 Å². The molecule has 1 aliphatic heterocycles. The first kappa shape index (κ1) is 29.9. The number of para-hydroxylation sites is 2. The highest BCUT2D eigenvalue weighted by atomic mass is 29.7. The van der Waals surface area contributed by atoms with Crippen LogP contribution in [-0.4, -0.2) is 58.8 Å². The molecule has 0 aromatic heterocycles. The molecule has 2 nitrogen and oxygen atoms in total. The third kappa shape index (κ3) is 4.00. The lowest BCUT2D eigenvalue weighted by Crippen LogP contribution is -3.01. The highest BCUT2D eigenvalue weighted by Gasteiger charge is 2.85. The van der Waals surface area contributed by atoms with Gasteiger partial charge in [-0.15, -0.1) is 0 Å². The van der Waals surface area contributed by atoms with E-state index in [1.165, 1.54) is 0 Å². The lowest BCUT2D eigenvalue weighted by molar-refractivity contribution is 0.409. The Morgan fingerprint density at radius 2 is 0.722 bits per heavy atom. The predicted molar refractivity (Wildman–Crippen MR) is 176 cm³/mol. The molecule has 1 fully saturated rings. The van der Waals surface area contributed by atoms with Gasteiger partial charge < -0.3 is 9.47 Å². The van der Waals surface area contributed by atoms with Gasteiger partial charge >= 0.3 is 0 Å². The molecule has 0 N–H and O–H groups in total. The van der Waals surface area contributed by atoms with Crippen molar-refractivity contribution >= 4 is 44.6 Å². The van der Waals surface area contributed by atoms with Crippen LogP contribution in [0.1, 0.15) is 21.5 Å². The van der Waals surface area contributed by atoms with E-state index < -0.39 is 44.6 Å². The van der Waals surface area contributed by atoms with Crippen molar-refractivity contribution in [1.29, 1.82) is 0 Å². The highest BCUT2D eigenvalue weighted by molar-refractivity contribution is 7.87. The minimum Gasteiger partial charge on any atom is -0.496 e. The van der Waals surface area contributed by atoms with Crippen LogP contribution in [0.5, 0.6) is 11.5 Å². The Kier molecular flexibility index (Phi) is 7.90. The zero-order valence-corrected chi connectivity index (χ0v) is 31.6. The smallest absolute Gasteiger partial charge is 0.121 e. The minimum absolute atomic E-state index is 0.785. The number of hydrogen-bond donors (Lipinski definition) is 0. The van der Waals surface area contributed by atoms with Crippen LogP contribution in [0.3, 0.4) is 0 Å². The molecule has 2 aromatic carbocycles. The first-order valence-electron chi connectivity index (χ1n) is 13.6. The van der Waals surface area contributed by atoms with Gasteiger partial charge in [-0.05, 0) is 33.6 Å². The first-order chi connectivity index (χ1) is 16.4. The van der Waals surface area contributed by atoms with E-state index in [0.717, 1.165) is 21.8 Å². The van der Waals surface area contributed by atoms with Gasteiger partial charge in [0.1, 0.15) is 11.5 Å². The SMILES string of the molecule is COc1ccccc1C1[Si]([Si](C)(C)C)([Si](C)(C)C)C(c2ccccc2OC)[Si]1([Si](C)(C)C)[Si](C)(C)C. The summed E-state index contributed by atoms with van der Waals surface area (Å²) in [6, 6.07) is 18.5. The first-order valence-corrected chi connectivity index (χ1v) is 35.9. The van der Waals surface area contributed by atoms with Gasteiger partial charge in [0.15, 0.2) is 0 Å². The van der Waals surface area contributed by atoms with Gasteiger partial charge in [-0.25, -0.2) is 0 Å². The van der Waals surface area contributed by atoms with Gasteiger partial charge in [0.25, 0.3) is 0 Å². The van der Waals surface area contributed by atoms with E-state index in [9.17, 15) is 0 Å².